The van der Waals surface area contributed by atoms with E-state index in [0.29, 0.717) is 26.4 Å². The van der Waals surface area contributed by atoms with Crippen molar-refractivity contribution in [1.29, 1.82) is 0 Å². The molecule has 0 radical (unpaired) electrons. The number of anilines is 1. The van der Waals surface area contributed by atoms with E-state index in [2.05, 4.69) is 15.7 Å². The van der Waals surface area contributed by atoms with Gasteiger partial charge in [0.25, 0.3) is 0 Å². The average molecular weight is 559 g/mol. The maximum Gasteiger partial charge on any atom is 0.195 e. The highest BCUT2D eigenvalue weighted by Gasteiger charge is 2.03. The molecule has 2 aromatic rings. The van der Waals surface area contributed by atoms with Gasteiger partial charge in [0.1, 0.15) is 5.75 Å². The number of nitrogens with one attached hydrogen (secondary N) is 2. The number of aryl methyl sites for hydroxylation is 2. The number of rotatable bonds is 14. The van der Waals surface area contributed by atoms with Crippen LogP contribution in [0.15, 0.2) is 41.7 Å². The highest BCUT2D eigenvalue weighted by atomic mass is 127. The fraction of sp³-hybridized carbons (Fsp3) is 0.565. The largest absolute Gasteiger partial charge is 0.491 e. The van der Waals surface area contributed by atoms with Crippen molar-refractivity contribution in [3.05, 3.63) is 42.2 Å². The molecule has 0 amide bonds. The number of aromatic nitrogens is 2. The highest BCUT2D eigenvalue weighted by Crippen LogP contribution is 2.16. The molecule has 2 rings (SSSR count). The van der Waals surface area contributed by atoms with Gasteiger partial charge in [-0.15, -0.1) is 24.0 Å². The Morgan fingerprint density at radius 3 is 2.56 bits per heavy atom. The number of ether oxygens (including phenoxy) is 3. The Labute approximate surface area is 209 Å². The van der Waals surface area contributed by atoms with E-state index in [1.165, 1.54) is 5.56 Å². The van der Waals surface area contributed by atoms with Crippen LogP contribution in [0.1, 0.15) is 32.3 Å². The number of hydrogen-bond donors (Lipinski definition) is 2. The monoisotopic (exact) mass is 559 g/mol. The molecule has 180 valence electrons. The lowest BCUT2D eigenvalue weighted by Gasteiger charge is -2.14. The summed E-state index contributed by atoms with van der Waals surface area (Å²) in [5.41, 5.74) is 2.13. The SMILES string of the molecule is COCCOCCCNC(=NCCCn1cc(C)cn1)Nc1ccc(OC(C)C)cc1.I. The predicted molar refractivity (Wildman–Crippen MR) is 140 cm³/mol. The predicted octanol–water partition coefficient (Wildman–Crippen LogP) is 4.10. The van der Waals surface area contributed by atoms with Crippen molar-refractivity contribution in [2.45, 2.75) is 46.3 Å². The van der Waals surface area contributed by atoms with Gasteiger partial charge in [0.15, 0.2) is 5.96 Å². The fourth-order valence-corrected chi connectivity index (χ4v) is 2.80. The zero-order valence-electron chi connectivity index (χ0n) is 19.7. The van der Waals surface area contributed by atoms with E-state index in [0.717, 1.165) is 43.3 Å². The van der Waals surface area contributed by atoms with Gasteiger partial charge in [-0.3, -0.25) is 9.67 Å². The molecule has 0 spiro atoms. The Balaban J connectivity index is 0.00000512. The molecule has 0 bridgehead atoms. The molecular weight excluding hydrogens is 521 g/mol. The normalized spacial score (nSPS) is 11.3. The number of methoxy groups -OCH3 is 1. The standard InChI is InChI=1S/C23H37N5O3.HI/c1-19(2)31-22-9-7-21(8-10-22)27-23(25-12-6-14-30-16-15-29-4)24-11-5-13-28-18-20(3)17-26-28;/h7-10,17-19H,5-6,11-16H2,1-4H3,(H2,24,25,27);1H. The van der Waals surface area contributed by atoms with Gasteiger partial charge in [-0.1, -0.05) is 0 Å². The third-order valence-corrected chi connectivity index (χ3v) is 4.26. The van der Waals surface area contributed by atoms with Crippen LogP contribution in [0.2, 0.25) is 0 Å². The zero-order valence-corrected chi connectivity index (χ0v) is 22.0. The first-order valence-electron chi connectivity index (χ1n) is 10.9. The van der Waals surface area contributed by atoms with Crippen LogP contribution in [0.5, 0.6) is 5.75 Å². The first kappa shape index (κ1) is 28.2. The topological polar surface area (TPSA) is 81.9 Å². The summed E-state index contributed by atoms with van der Waals surface area (Å²) < 4.78 is 18.2. The Morgan fingerprint density at radius 2 is 1.91 bits per heavy atom. The summed E-state index contributed by atoms with van der Waals surface area (Å²) in [7, 11) is 1.67. The molecule has 1 aromatic heterocycles. The Morgan fingerprint density at radius 1 is 1.12 bits per heavy atom. The van der Waals surface area contributed by atoms with E-state index in [4.69, 9.17) is 19.2 Å². The van der Waals surface area contributed by atoms with Crippen molar-refractivity contribution in [2.24, 2.45) is 4.99 Å². The Kier molecular flexibility index (Phi) is 14.7. The third-order valence-electron chi connectivity index (χ3n) is 4.26. The molecule has 1 aromatic carbocycles. The summed E-state index contributed by atoms with van der Waals surface area (Å²) in [5.74, 6) is 1.61. The zero-order chi connectivity index (χ0) is 22.3. The number of nitrogens with zero attached hydrogens (tertiary/aromatic N) is 3. The van der Waals surface area contributed by atoms with Crippen molar-refractivity contribution in [3.63, 3.8) is 0 Å². The van der Waals surface area contributed by atoms with Gasteiger partial charge in [-0.05, 0) is 63.4 Å². The average Bonchev–Trinajstić information content (AvgIpc) is 3.16. The summed E-state index contributed by atoms with van der Waals surface area (Å²) in [6, 6.07) is 7.91. The minimum absolute atomic E-state index is 0. The third kappa shape index (κ3) is 12.3. The molecule has 2 N–H and O–H groups in total. The number of benzene rings is 1. The Bertz CT molecular complexity index is 765. The molecule has 32 heavy (non-hydrogen) atoms. The molecule has 0 aliphatic carbocycles. The lowest BCUT2D eigenvalue weighted by molar-refractivity contribution is 0.0699. The fourth-order valence-electron chi connectivity index (χ4n) is 2.80. The van der Waals surface area contributed by atoms with Gasteiger partial charge in [0, 0.05) is 45.2 Å². The Hall–Kier alpha value is -1.85. The van der Waals surface area contributed by atoms with Crippen molar-refractivity contribution in [1.82, 2.24) is 15.1 Å². The van der Waals surface area contributed by atoms with Crippen LogP contribution in [0.3, 0.4) is 0 Å². The second-order valence-corrected chi connectivity index (χ2v) is 7.57. The van der Waals surface area contributed by atoms with Gasteiger partial charge in [-0.2, -0.15) is 5.10 Å². The second-order valence-electron chi connectivity index (χ2n) is 7.57. The van der Waals surface area contributed by atoms with E-state index >= 15 is 0 Å². The molecule has 0 fully saturated rings. The maximum atomic E-state index is 5.71. The molecule has 0 saturated carbocycles. The lowest BCUT2D eigenvalue weighted by Crippen LogP contribution is -2.32. The minimum Gasteiger partial charge on any atom is -0.491 e. The smallest absolute Gasteiger partial charge is 0.195 e. The van der Waals surface area contributed by atoms with Crippen molar-refractivity contribution in [2.75, 3.05) is 45.3 Å². The van der Waals surface area contributed by atoms with Gasteiger partial charge >= 0.3 is 0 Å². The summed E-state index contributed by atoms with van der Waals surface area (Å²) in [6.45, 7) is 10.3. The molecule has 0 atom stereocenters. The van der Waals surface area contributed by atoms with Gasteiger partial charge in [-0.25, -0.2) is 0 Å². The summed E-state index contributed by atoms with van der Waals surface area (Å²) in [4.78, 5) is 4.72. The summed E-state index contributed by atoms with van der Waals surface area (Å²) >= 11 is 0. The van der Waals surface area contributed by atoms with Gasteiger partial charge in [0.05, 0.1) is 25.5 Å². The van der Waals surface area contributed by atoms with Crippen LogP contribution in [0.25, 0.3) is 0 Å². The van der Waals surface area contributed by atoms with Gasteiger partial charge in [0.2, 0.25) is 0 Å². The highest BCUT2D eigenvalue weighted by molar-refractivity contribution is 14.0. The van der Waals surface area contributed by atoms with Crippen molar-refractivity contribution in [3.8, 4) is 5.75 Å². The molecule has 1 heterocycles. The molecule has 8 nitrogen and oxygen atoms in total. The number of guanidine groups is 1. The second kappa shape index (κ2) is 16.7. The number of hydrogen-bond acceptors (Lipinski definition) is 5. The van der Waals surface area contributed by atoms with Crippen molar-refractivity contribution < 1.29 is 14.2 Å². The van der Waals surface area contributed by atoms with E-state index in [1.807, 2.05) is 62.1 Å². The van der Waals surface area contributed by atoms with Crippen LogP contribution >= 0.6 is 24.0 Å². The van der Waals surface area contributed by atoms with Crippen LogP contribution in [-0.2, 0) is 16.0 Å². The summed E-state index contributed by atoms with van der Waals surface area (Å²) in [6.07, 6.45) is 5.88. The molecule has 9 heteroatoms. The van der Waals surface area contributed by atoms with Crippen LogP contribution < -0.4 is 15.4 Å². The summed E-state index contributed by atoms with van der Waals surface area (Å²) in [5, 5.41) is 11.1. The van der Waals surface area contributed by atoms with Crippen LogP contribution in [0, 0.1) is 6.92 Å². The lowest BCUT2D eigenvalue weighted by atomic mass is 10.3. The maximum absolute atomic E-state index is 5.71. The molecule has 0 saturated heterocycles. The number of aliphatic imine (C=N–C) groups is 1. The van der Waals surface area contributed by atoms with Gasteiger partial charge < -0.3 is 24.8 Å². The van der Waals surface area contributed by atoms with E-state index in [9.17, 15) is 0 Å². The minimum atomic E-state index is 0. The quantitative estimate of drug-likeness (QED) is 0.157. The van der Waals surface area contributed by atoms with E-state index < -0.39 is 0 Å². The molecule has 0 unspecified atom stereocenters. The van der Waals surface area contributed by atoms with E-state index in [1.54, 1.807) is 7.11 Å². The van der Waals surface area contributed by atoms with Crippen molar-refractivity contribution >= 4 is 35.6 Å². The first-order chi connectivity index (χ1) is 15.1. The first-order valence-corrected chi connectivity index (χ1v) is 10.9. The molecule has 0 aliphatic rings. The van der Waals surface area contributed by atoms with E-state index in [-0.39, 0.29) is 30.1 Å². The van der Waals surface area contributed by atoms with Crippen LogP contribution in [0.4, 0.5) is 5.69 Å². The molecular formula is C23H38IN5O3. The van der Waals surface area contributed by atoms with Crippen LogP contribution in [-0.4, -0.2) is 61.9 Å². The molecule has 0 aliphatic heterocycles. The number of halogens is 1.